The molecule has 12 aromatic rings. The van der Waals surface area contributed by atoms with E-state index in [1.54, 1.807) is 42.4 Å². The number of rotatable bonds is 25. The quantitative estimate of drug-likeness (QED) is 0.0287. The second-order valence-electron chi connectivity index (χ2n) is 25.4. The van der Waals surface area contributed by atoms with E-state index >= 15 is 0 Å². The van der Waals surface area contributed by atoms with Crippen molar-refractivity contribution >= 4 is 103 Å². The van der Waals surface area contributed by atoms with Crippen molar-refractivity contribution in [2.24, 2.45) is 0 Å². The molecule has 3 saturated carbocycles. The van der Waals surface area contributed by atoms with Crippen LogP contribution in [0.5, 0.6) is 0 Å². The molecule has 3 fully saturated rings. The maximum atomic E-state index is 13.4. The van der Waals surface area contributed by atoms with Crippen LogP contribution in [0.2, 0.25) is 0 Å². The molecule has 0 saturated heterocycles. The molecule has 15 rings (SSSR count). The molecule has 0 amide bonds. The number of hydrogen-bond donors (Lipinski definition) is 7. The molecular weight excluding hydrogens is 1300 g/mol. The van der Waals surface area contributed by atoms with Gasteiger partial charge in [0.05, 0.1) is 29.8 Å². The lowest BCUT2D eigenvalue weighted by atomic mass is 10.2. The van der Waals surface area contributed by atoms with Crippen molar-refractivity contribution < 1.29 is 14.2 Å². The van der Waals surface area contributed by atoms with Crippen LogP contribution in [0.1, 0.15) is 110 Å². The summed E-state index contributed by atoms with van der Waals surface area (Å²) in [5.41, 5.74) is 9.16. The summed E-state index contributed by atoms with van der Waals surface area (Å²) in [5.74, 6) is 4.63. The fourth-order valence-electron chi connectivity index (χ4n) is 13.0. The summed E-state index contributed by atoms with van der Waals surface area (Å²) in [6.45, 7) is 2.02. The van der Waals surface area contributed by atoms with Gasteiger partial charge in [0.1, 0.15) is 24.1 Å². The molecule has 100 heavy (non-hydrogen) atoms. The summed E-state index contributed by atoms with van der Waals surface area (Å²) in [5, 5.41) is 34.2. The average molecular weight is 1390 g/mol. The maximum Gasteiger partial charge on any atom is 0.225 e. The summed E-state index contributed by atoms with van der Waals surface area (Å²) in [6.07, 6.45) is 14.8. The first-order valence-electron chi connectivity index (χ1n) is 34.9. The van der Waals surface area contributed by atoms with E-state index < -0.39 is 6.67 Å². The zero-order chi connectivity index (χ0) is 68.1. The standard InChI is InChI=1S/C28H30N4OS.C27H27FN4S.C27H28N4OS/c1-33-19-21-11-3-9-17-26(21)34-25-16-8-2-10-20(25)18-29-28-31-24-15-7-6-14-23(24)27(32-28)30-22-12-4-5-13-22;28-17-19-9-1-7-15-24(19)33-25-16-8-2-10-20(25)18-29-27-31-23-14-6-5-13-22(23)26(32-27)30-21-11-3-4-12-21;32-18-20-10-2-8-16-25(20)33-24-15-7-1-9-19(24)17-28-27-30-23-14-6-5-13-22(23)26(31-27)29-21-11-3-4-12-21/h2-3,6-11,14-17,22H,4-5,12-13,18-19H2,1H3,(H2,29,30,31,32);1-2,5-10,13-16,21H,3-4,11-12,17-18H2,(H2,29,30,31,32);1-2,5-10,13-16,21,32H,3-4,11-12,17-18H2,(H2,28,29,30,31). The van der Waals surface area contributed by atoms with Gasteiger partial charge in [-0.3, -0.25) is 0 Å². The molecule has 3 aliphatic carbocycles. The summed E-state index contributed by atoms with van der Waals surface area (Å²) in [7, 11) is 1.73. The smallest absolute Gasteiger partial charge is 0.225 e. The molecule has 7 N–H and O–H groups in total. The van der Waals surface area contributed by atoms with Crippen molar-refractivity contribution in [3.05, 3.63) is 252 Å². The molecule has 0 spiro atoms. The highest BCUT2D eigenvalue weighted by molar-refractivity contribution is 8.00. The molecular formula is C82H85FN12O2S3. The van der Waals surface area contributed by atoms with Crippen molar-refractivity contribution in [2.45, 2.75) is 164 Å². The van der Waals surface area contributed by atoms with Gasteiger partial charge in [-0.25, -0.2) is 19.3 Å². The van der Waals surface area contributed by atoms with E-state index in [2.05, 4.69) is 129 Å². The van der Waals surface area contributed by atoms with Gasteiger partial charge in [0, 0.05) is 90.4 Å². The summed E-state index contributed by atoms with van der Waals surface area (Å²) in [6, 6.07) is 75.0. The second kappa shape index (κ2) is 35.1. The number of aliphatic hydroxyl groups is 1. The molecule has 0 atom stereocenters. The number of hydrogen-bond acceptors (Lipinski definition) is 17. The first kappa shape index (κ1) is 69.2. The van der Waals surface area contributed by atoms with Crippen LogP contribution in [-0.4, -0.2) is 60.2 Å². The zero-order valence-corrected chi connectivity index (χ0v) is 58.8. The summed E-state index contributed by atoms with van der Waals surface area (Å²) in [4.78, 5) is 35.5. The number of ether oxygens (including phenoxy) is 1. The Labute approximate surface area is 598 Å². The Balaban J connectivity index is 0.000000134. The summed E-state index contributed by atoms with van der Waals surface area (Å²) < 4.78 is 18.8. The van der Waals surface area contributed by atoms with Gasteiger partial charge in [0.2, 0.25) is 17.8 Å². The van der Waals surface area contributed by atoms with Crippen LogP contribution >= 0.6 is 35.3 Å². The third kappa shape index (κ3) is 18.4. The monoisotopic (exact) mass is 1380 g/mol. The second-order valence-corrected chi connectivity index (χ2v) is 28.6. The van der Waals surface area contributed by atoms with E-state index in [9.17, 15) is 9.50 Å². The molecule has 0 unspecified atom stereocenters. The molecule has 3 aliphatic rings. The fraction of sp³-hybridized carbons (Fsp3) is 0.268. The number of aliphatic hydroxyl groups excluding tert-OH is 1. The number of anilines is 6. The number of halogens is 1. The topological polar surface area (TPSA) is 179 Å². The van der Waals surface area contributed by atoms with Gasteiger partial charge in [-0.2, -0.15) is 15.0 Å². The van der Waals surface area contributed by atoms with Crippen LogP contribution in [0.15, 0.2) is 248 Å². The van der Waals surface area contributed by atoms with E-state index in [0.717, 1.165) is 86.4 Å². The lowest BCUT2D eigenvalue weighted by molar-refractivity contribution is 0.183. The number of alkyl halides is 1. The lowest BCUT2D eigenvalue weighted by Gasteiger charge is -2.16. The molecule has 9 aromatic carbocycles. The molecule has 14 nitrogen and oxygen atoms in total. The maximum absolute atomic E-state index is 13.4. The zero-order valence-electron chi connectivity index (χ0n) is 56.4. The SMILES string of the molecule is COCc1ccccc1Sc1ccccc1CNc1nc(NC2CCCC2)c2ccccc2n1.FCc1ccccc1Sc1ccccc1CNc1nc(NC2CCCC2)c2ccccc2n1.OCc1ccccc1Sc1ccccc1CNc1nc(NC2CCCC2)c2ccccc2n1. The van der Waals surface area contributed by atoms with Gasteiger partial charge in [-0.1, -0.05) is 219 Å². The fourth-order valence-corrected chi connectivity index (χ4v) is 16.2. The third-order valence-electron chi connectivity index (χ3n) is 18.3. The van der Waals surface area contributed by atoms with E-state index in [-0.39, 0.29) is 6.61 Å². The van der Waals surface area contributed by atoms with Crippen molar-refractivity contribution in [3.8, 4) is 0 Å². The van der Waals surface area contributed by atoms with Gasteiger partial charge in [0.15, 0.2) is 0 Å². The van der Waals surface area contributed by atoms with Crippen LogP contribution in [0.4, 0.5) is 39.7 Å². The minimum absolute atomic E-state index is 0.0330. The van der Waals surface area contributed by atoms with Gasteiger partial charge >= 0.3 is 0 Å². The normalized spacial score (nSPS) is 13.9. The Morgan fingerprint density at radius 2 is 0.620 bits per heavy atom. The number of fused-ring (bicyclic) bond motifs is 3. The van der Waals surface area contributed by atoms with E-state index in [1.165, 1.54) is 98.0 Å². The Bertz CT molecular complexity index is 4470. The van der Waals surface area contributed by atoms with E-state index in [4.69, 9.17) is 34.6 Å². The summed E-state index contributed by atoms with van der Waals surface area (Å²) >= 11 is 5.04. The van der Waals surface area contributed by atoms with Crippen LogP contribution in [0, 0.1) is 0 Å². The van der Waals surface area contributed by atoms with E-state index in [0.29, 0.717) is 67.8 Å². The number of benzene rings is 9. The van der Waals surface area contributed by atoms with Crippen molar-refractivity contribution in [2.75, 3.05) is 39.0 Å². The van der Waals surface area contributed by atoms with Crippen LogP contribution in [-0.2, 0) is 44.3 Å². The lowest BCUT2D eigenvalue weighted by Crippen LogP contribution is -2.17. The van der Waals surface area contributed by atoms with Crippen molar-refractivity contribution in [3.63, 3.8) is 0 Å². The minimum Gasteiger partial charge on any atom is -0.392 e. The largest absolute Gasteiger partial charge is 0.392 e. The van der Waals surface area contributed by atoms with E-state index in [1.807, 2.05) is 121 Å². The first-order valence-corrected chi connectivity index (χ1v) is 37.3. The third-order valence-corrected chi connectivity index (χ3v) is 22.0. The first-order chi connectivity index (χ1) is 49.4. The van der Waals surface area contributed by atoms with Crippen molar-refractivity contribution in [1.29, 1.82) is 0 Å². The van der Waals surface area contributed by atoms with Gasteiger partial charge in [0.25, 0.3) is 0 Å². The minimum atomic E-state index is -0.467. The number of methoxy groups -OCH3 is 1. The number of aromatic nitrogens is 6. The Morgan fingerprint density at radius 1 is 0.350 bits per heavy atom. The highest BCUT2D eigenvalue weighted by Gasteiger charge is 2.22. The number of nitrogens with one attached hydrogen (secondary N) is 6. The molecule has 0 aliphatic heterocycles. The highest BCUT2D eigenvalue weighted by Crippen LogP contribution is 2.38. The van der Waals surface area contributed by atoms with Crippen LogP contribution in [0.25, 0.3) is 32.7 Å². The Morgan fingerprint density at radius 3 is 0.950 bits per heavy atom. The van der Waals surface area contributed by atoms with Gasteiger partial charge < -0.3 is 41.7 Å². The van der Waals surface area contributed by atoms with Crippen LogP contribution < -0.4 is 31.9 Å². The highest BCUT2D eigenvalue weighted by atomic mass is 32.2. The Hall–Kier alpha value is -9.30. The predicted molar refractivity (Wildman–Crippen MR) is 411 cm³/mol. The molecule has 0 radical (unpaired) electrons. The molecule has 18 heteroatoms. The predicted octanol–water partition coefficient (Wildman–Crippen LogP) is 20.4. The average Bonchev–Trinajstić information content (AvgIpc) is 0.875. The van der Waals surface area contributed by atoms with Crippen LogP contribution in [0.3, 0.4) is 0 Å². The molecule has 3 aromatic heterocycles. The van der Waals surface area contributed by atoms with Gasteiger partial charge in [-0.15, -0.1) is 0 Å². The number of nitrogens with zero attached hydrogens (tertiary/aromatic N) is 6. The molecule has 3 heterocycles. The number of para-hydroxylation sites is 3. The Kier molecular flexibility index (Phi) is 24.3. The molecule has 510 valence electrons. The van der Waals surface area contributed by atoms with Gasteiger partial charge in [-0.05, 0) is 145 Å². The van der Waals surface area contributed by atoms with Crippen molar-refractivity contribution in [1.82, 2.24) is 29.9 Å². The molecule has 0 bridgehead atoms.